The van der Waals surface area contributed by atoms with Crippen molar-refractivity contribution in [1.82, 2.24) is 0 Å². The highest BCUT2D eigenvalue weighted by Gasteiger charge is 2.20. The van der Waals surface area contributed by atoms with E-state index in [9.17, 15) is 4.79 Å². The van der Waals surface area contributed by atoms with Gasteiger partial charge in [-0.15, -0.1) is 0 Å². The zero-order valence-corrected chi connectivity index (χ0v) is 13.6. The topological polar surface area (TPSA) is 69.5 Å². The third-order valence-electron chi connectivity index (χ3n) is 1.97. The fraction of sp³-hybridized carbons (Fsp3) is 0.750. The lowest BCUT2D eigenvalue weighted by molar-refractivity contribution is -0.134. The van der Waals surface area contributed by atoms with E-state index in [0.29, 0.717) is 19.3 Å². The quantitative estimate of drug-likeness (QED) is 0.391. The van der Waals surface area contributed by atoms with Crippen molar-refractivity contribution >= 4 is 25.7 Å². The number of oxime groups is 2. The molecule has 7 heteroatoms. The largest absolute Gasteiger partial charge is 0.520 e. The lowest BCUT2D eigenvalue weighted by atomic mass is 10.1. The predicted molar refractivity (Wildman–Crippen MR) is 77.9 cm³/mol. The minimum atomic E-state index is -1.82. The second-order valence-corrected chi connectivity index (χ2v) is 9.54. The summed E-state index contributed by atoms with van der Waals surface area (Å²) < 4.78 is 5.37. The fourth-order valence-corrected chi connectivity index (χ4v) is 2.20. The molecule has 0 unspecified atom stereocenters. The van der Waals surface area contributed by atoms with Gasteiger partial charge < -0.3 is 14.1 Å². The van der Waals surface area contributed by atoms with Gasteiger partial charge in [0.05, 0.1) is 11.4 Å². The highest BCUT2D eigenvalue weighted by atomic mass is 28.4. The van der Waals surface area contributed by atoms with Gasteiger partial charge in [-0.1, -0.05) is 10.3 Å². The molecule has 0 rings (SSSR count). The number of rotatable bonds is 8. The SMILES string of the molecule is CO/N=C(/CCC(=O)O[Si](C)(C)C)C/C(C)=N/OC. The van der Waals surface area contributed by atoms with E-state index >= 15 is 0 Å². The molecule has 0 fully saturated rings. The van der Waals surface area contributed by atoms with Crippen LogP contribution in [0.4, 0.5) is 0 Å². The van der Waals surface area contributed by atoms with Crippen LogP contribution in [0.25, 0.3) is 0 Å². The maximum atomic E-state index is 11.6. The van der Waals surface area contributed by atoms with Gasteiger partial charge in [0.1, 0.15) is 14.2 Å². The number of hydrogen-bond acceptors (Lipinski definition) is 6. The number of carbonyl (C=O) groups excluding carboxylic acids is 1. The fourth-order valence-electron chi connectivity index (χ4n) is 1.42. The Morgan fingerprint density at radius 1 is 1.05 bits per heavy atom. The molecule has 0 bridgehead atoms. The Labute approximate surface area is 115 Å². The normalized spacial score (nSPS) is 13.2. The van der Waals surface area contributed by atoms with Crippen LogP contribution in [0.1, 0.15) is 26.2 Å². The van der Waals surface area contributed by atoms with Gasteiger partial charge in [0.2, 0.25) is 8.32 Å². The average molecular weight is 288 g/mol. The Balaban J connectivity index is 4.34. The Kier molecular flexibility index (Phi) is 8.05. The smallest absolute Gasteiger partial charge is 0.292 e. The Morgan fingerprint density at radius 3 is 2.11 bits per heavy atom. The van der Waals surface area contributed by atoms with Crippen LogP contribution in [0.5, 0.6) is 0 Å². The van der Waals surface area contributed by atoms with E-state index in [-0.39, 0.29) is 5.97 Å². The molecule has 0 saturated heterocycles. The Bertz CT molecular complexity index is 348. The van der Waals surface area contributed by atoms with Crippen LogP contribution < -0.4 is 0 Å². The van der Waals surface area contributed by atoms with E-state index in [1.165, 1.54) is 14.2 Å². The summed E-state index contributed by atoms with van der Waals surface area (Å²) in [4.78, 5) is 21.1. The van der Waals surface area contributed by atoms with Crippen molar-refractivity contribution in [1.29, 1.82) is 0 Å². The summed E-state index contributed by atoms with van der Waals surface area (Å²) in [6.45, 7) is 7.76. The molecule has 0 N–H and O–H groups in total. The monoisotopic (exact) mass is 288 g/mol. The standard InChI is InChI=1S/C12H24N2O4Si/c1-10(13-16-2)9-11(14-17-3)7-8-12(15)18-19(4,5)6/h7-9H2,1-6H3/b13-10+,14-11-. The zero-order valence-electron chi connectivity index (χ0n) is 12.6. The van der Waals surface area contributed by atoms with Crippen molar-refractivity contribution in [3.05, 3.63) is 0 Å². The maximum absolute atomic E-state index is 11.6. The van der Waals surface area contributed by atoms with E-state index < -0.39 is 8.32 Å². The van der Waals surface area contributed by atoms with E-state index in [4.69, 9.17) is 9.26 Å². The lowest BCUT2D eigenvalue weighted by Gasteiger charge is -2.17. The average Bonchev–Trinajstić information content (AvgIpc) is 2.24. The molecular weight excluding hydrogens is 264 g/mol. The molecule has 0 aliphatic heterocycles. The number of carbonyl (C=O) groups is 1. The molecule has 0 spiro atoms. The second-order valence-electron chi connectivity index (χ2n) is 5.11. The lowest BCUT2D eigenvalue weighted by Crippen LogP contribution is -2.29. The molecule has 19 heavy (non-hydrogen) atoms. The summed E-state index contributed by atoms with van der Waals surface area (Å²) in [5.41, 5.74) is 1.52. The van der Waals surface area contributed by atoms with Crippen molar-refractivity contribution in [3.63, 3.8) is 0 Å². The first-order valence-corrected chi connectivity index (χ1v) is 9.56. The molecular formula is C12H24N2O4Si. The molecule has 0 aromatic heterocycles. The van der Waals surface area contributed by atoms with Crippen molar-refractivity contribution in [2.75, 3.05) is 14.2 Å². The van der Waals surface area contributed by atoms with E-state index in [0.717, 1.165) is 11.4 Å². The molecule has 0 heterocycles. The zero-order chi connectivity index (χ0) is 14.9. The Morgan fingerprint density at radius 2 is 1.63 bits per heavy atom. The first-order chi connectivity index (χ1) is 8.78. The van der Waals surface area contributed by atoms with Gasteiger partial charge in [-0.3, -0.25) is 4.79 Å². The van der Waals surface area contributed by atoms with Crippen LogP contribution in [-0.2, 0) is 18.9 Å². The van der Waals surface area contributed by atoms with Crippen LogP contribution in [0.2, 0.25) is 19.6 Å². The van der Waals surface area contributed by atoms with Crippen LogP contribution in [-0.4, -0.2) is 39.9 Å². The van der Waals surface area contributed by atoms with E-state index in [1.807, 2.05) is 26.6 Å². The predicted octanol–water partition coefficient (Wildman–Crippen LogP) is 2.56. The van der Waals surface area contributed by atoms with Crippen molar-refractivity contribution < 1.29 is 18.9 Å². The molecule has 110 valence electrons. The van der Waals surface area contributed by atoms with Gasteiger partial charge in [0.15, 0.2) is 0 Å². The number of nitrogens with zero attached hydrogens (tertiary/aromatic N) is 2. The van der Waals surface area contributed by atoms with Crippen LogP contribution in [0.15, 0.2) is 10.3 Å². The number of hydrogen-bond donors (Lipinski definition) is 0. The third kappa shape index (κ3) is 10.3. The highest BCUT2D eigenvalue weighted by molar-refractivity contribution is 6.71. The van der Waals surface area contributed by atoms with E-state index in [2.05, 4.69) is 15.1 Å². The first-order valence-electron chi connectivity index (χ1n) is 6.16. The molecule has 0 aromatic carbocycles. The van der Waals surface area contributed by atoms with Crippen LogP contribution >= 0.6 is 0 Å². The van der Waals surface area contributed by atoms with Crippen molar-refractivity contribution in [2.45, 2.75) is 45.8 Å². The van der Waals surface area contributed by atoms with Gasteiger partial charge in [-0.05, 0) is 33.0 Å². The molecule has 0 aliphatic carbocycles. The maximum Gasteiger partial charge on any atom is 0.292 e. The van der Waals surface area contributed by atoms with Crippen LogP contribution in [0.3, 0.4) is 0 Å². The Hall–Kier alpha value is -1.37. The molecule has 0 radical (unpaired) electrons. The van der Waals surface area contributed by atoms with Crippen molar-refractivity contribution in [3.8, 4) is 0 Å². The summed E-state index contributed by atoms with van der Waals surface area (Å²) >= 11 is 0. The van der Waals surface area contributed by atoms with Gasteiger partial charge in [0, 0.05) is 12.8 Å². The molecule has 0 aromatic rings. The second kappa shape index (κ2) is 8.68. The summed E-state index contributed by atoms with van der Waals surface area (Å²) in [5, 5.41) is 7.70. The van der Waals surface area contributed by atoms with Gasteiger partial charge in [-0.25, -0.2) is 0 Å². The van der Waals surface area contributed by atoms with Gasteiger partial charge in [0.25, 0.3) is 5.97 Å². The molecule has 6 nitrogen and oxygen atoms in total. The molecule has 0 aliphatic rings. The van der Waals surface area contributed by atoms with Crippen LogP contribution in [0, 0.1) is 0 Å². The van der Waals surface area contributed by atoms with Crippen molar-refractivity contribution in [2.24, 2.45) is 10.3 Å². The molecule has 0 saturated carbocycles. The molecule has 0 atom stereocenters. The summed E-state index contributed by atoms with van der Waals surface area (Å²) in [6.07, 6.45) is 1.31. The van der Waals surface area contributed by atoms with E-state index in [1.54, 1.807) is 0 Å². The highest BCUT2D eigenvalue weighted by Crippen LogP contribution is 2.08. The third-order valence-corrected chi connectivity index (χ3v) is 2.81. The van der Waals surface area contributed by atoms with Gasteiger partial charge >= 0.3 is 0 Å². The first kappa shape index (κ1) is 17.6. The summed E-state index contributed by atoms with van der Waals surface area (Å²) in [6, 6.07) is 0. The summed E-state index contributed by atoms with van der Waals surface area (Å²) in [5.74, 6) is -0.190. The minimum Gasteiger partial charge on any atom is -0.520 e. The summed E-state index contributed by atoms with van der Waals surface area (Å²) in [7, 11) is 1.14. The minimum absolute atomic E-state index is 0.190. The van der Waals surface area contributed by atoms with Gasteiger partial charge in [-0.2, -0.15) is 0 Å². The molecule has 0 amide bonds.